The molecule has 1 amide bonds. The van der Waals surface area contributed by atoms with Gasteiger partial charge in [0, 0.05) is 7.05 Å². The molecule has 0 bridgehead atoms. The molecule has 82 valence electrons. The highest BCUT2D eigenvalue weighted by Crippen LogP contribution is 2.75. The predicted molar refractivity (Wildman–Crippen MR) is 63.6 cm³/mol. The van der Waals surface area contributed by atoms with Gasteiger partial charge in [-0.15, -0.1) is 0 Å². The Morgan fingerprint density at radius 3 is 3.00 bits per heavy atom. The van der Waals surface area contributed by atoms with Crippen LogP contribution in [0.5, 0.6) is 0 Å². The van der Waals surface area contributed by atoms with Crippen LogP contribution in [0.1, 0.15) is 0 Å². The van der Waals surface area contributed by atoms with Crippen molar-refractivity contribution in [1.29, 1.82) is 0 Å². The molecule has 1 atom stereocenters. The van der Waals surface area contributed by atoms with Gasteiger partial charge in [0.2, 0.25) is 5.91 Å². The van der Waals surface area contributed by atoms with Gasteiger partial charge in [0.1, 0.15) is 0 Å². The van der Waals surface area contributed by atoms with Crippen LogP contribution in [0, 0.1) is 0 Å². The normalized spacial score (nSPS) is 26.5. The summed E-state index contributed by atoms with van der Waals surface area (Å²) >= 11 is 0. The number of carbonyl (C=O) groups is 1. The molecular weight excluding hydrogens is 235 g/mol. The van der Waals surface area contributed by atoms with Crippen molar-refractivity contribution in [2.24, 2.45) is 0 Å². The zero-order valence-electron chi connectivity index (χ0n) is 8.12. The molecule has 1 aliphatic rings. The second kappa shape index (κ2) is 3.94. The van der Waals surface area contributed by atoms with Crippen LogP contribution in [-0.2, 0) is 4.79 Å². The zero-order valence-corrected chi connectivity index (χ0v) is 9.75. The molecule has 0 aromatic heterocycles. The van der Waals surface area contributed by atoms with Gasteiger partial charge < -0.3 is 10.0 Å². The van der Waals surface area contributed by atoms with Gasteiger partial charge in [-0.25, -0.2) is 0 Å². The number of benzene rings is 1. The summed E-state index contributed by atoms with van der Waals surface area (Å²) < 4.78 is 16.9. The van der Waals surface area contributed by atoms with Gasteiger partial charge in [0.25, 0.3) is 0 Å². The monoisotopic (exact) mass is 246 g/mol. The molecule has 1 aromatic carbocycles. The maximum Gasteiger partial charge on any atom is 0.230 e. The average Bonchev–Trinajstić information content (AvgIpc) is 2.24. The summed E-state index contributed by atoms with van der Waals surface area (Å²) in [5.41, 5.74) is 0.833. The van der Waals surface area contributed by atoms with Crippen molar-refractivity contribution in [3.63, 3.8) is 0 Å². The highest BCUT2D eigenvalue weighted by molar-refractivity contribution is 8.93. The van der Waals surface area contributed by atoms with Gasteiger partial charge in [-0.3, -0.25) is 4.79 Å². The van der Waals surface area contributed by atoms with E-state index in [-0.39, 0.29) is 11.7 Å². The smallest absolute Gasteiger partial charge is 0.230 e. The lowest BCUT2D eigenvalue weighted by atomic mass is 10.3. The third-order valence-corrected chi connectivity index (χ3v) is 6.27. The van der Waals surface area contributed by atoms with Crippen LogP contribution in [0.4, 0.5) is 9.57 Å². The minimum absolute atomic E-state index is 0.143. The van der Waals surface area contributed by atoms with E-state index in [1.165, 1.54) is 0 Å². The second-order valence-corrected chi connectivity index (χ2v) is 7.25. The van der Waals surface area contributed by atoms with Crippen molar-refractivity contribution in [2.75, 3.05) is 17.5 Å². The van der Waals surface area contributed by atoms with Crippen molar-refractivity contribution >= 4 is 32.0 Å². The second-order valence-electron chi connectivity index (χ2n) is 3.02. The first-order valence-electron chi connectivity index (χ1n) is 4.40. The number of fused-ring (bicyclic) bond motifs is 1. The van der Waals surface area contributed by atoms with Crippen LogP contribution in [0.2, 0.25) is 0 Å². The number of amides is 1. The molecule has 1 unspecified atom stereocenters. The van der Waals surface area contributed by atoms with Gasteiger partial charge in [-0.2, -0.15) is 3.89 Å². The van der Waals surface area contributed by atoms with Gasteiger partial charge in [0.05, 0.1) is 26.0 Å². The lowest BCUT2D eigenvalue weighted by Gasteiger charge is -2.41. The maximum atomic E-state index is 14.2. The number of carbonyl (C=O) groups excluding carboxylic acids is 1. The summed E-state index contributed by atoms with van der Waals surface area (Å²) in [4.78, 5) is 11.7. The first-order chi connectivity index (χ1) is 7.15. The molecule has 0 spiro atoms. The third-order valence-electron chi connectivity index (χ3n) is 2.04. The molecule has 0 aliphatic carbocycles. The lowest BCUT2D eigenvalue weighted by Crippen LogP contribution is -2.22. The van der Waals surface area contributed by atoms with Gasteiger partial charge >= 0.3 is 0 Å². The summed E-state index contributed by atoms with van der Waals surface area (Å²) in [5, 5.41) is 2.47. The van der Waals surface area contributed by atoms with E-state index in [0.29, 0.717) is 4.90 Å². The fourth-order valence-corrected chi connectivity index (χ4v) is 4.97. The van der Waals surface area contributed by atoms with Crippen LogP contribution in [0.15, 0.2) is 29.2 Å². The fourth-order valence-electron chi connectivity index (χ4n) is 1.23. The number of rotatable bonds is 3. The first kappa shape index (κ1) is 10.6. The number of hydrogen-bond donors (Lipinski definition) is 2. The Morgan fingerprint density at radius 2 is 2.33 bits per heavy atom. The third kappa shape index (κ3) is 1.91. The molecule has 1 aliphatic heterocycles. The lowest BCUT2D eigenvalue weighted by molar-refractivity contribution is -0.118. The molecule has 2 N–H and O–H groups in total. The van der Waals surface area contributed by atoms with Crippen LogP contribution >= 0.6 is 20.4 Å². The quantitative estimate of drug-likeness (QED) is 0.805. The molecule has 0 saturated carbocycles. The number of anilines is 1. The Kier molecular flexibility index (Phi) is 2.79. The molecule has 1 aromatic rings. The van der Waals surface area contributed by atoms with E-state index in [1.807, 2.05) is 12.1 Å². The average molecular weight is 246 g/mol. The van der Waals surface area contributed by atoms with E-state index in [9.17, 15) is 8.68 Å². The molecule has 0 fully saturated rings. The standard InChI is InChI=1S/C9H11FN2OS2/c1-11-9(13)6-14-15(10)8-5-3-2-4-7(8)12-15/h2-5,12H,6H2,1H3,(H,11,13). The highest BCUT2D eigenvalue weighted by Gasteiger charge is 2.38. The molecule has 1 heterocycles. The van der Waals surface area contributed by atoms with Gasteiger partial charge in [-0.1, -0.05) is 12.1 Å². The highest BCUT2D eigenvalue weighted by atomic mass is 33.2. The van der Waals surface area contributed by atoms with Crippen molar-refractivity contribution in [3.05, 3.63) is 24.3 Å². The molecule has 15 heavy (non-hydrogen) atoms. The van der Waals surface area contributed by atoms with E-state index < -0.39 is 9.63 Å². The summed E-state index contributed by atoms with van der Waals surface area (Å²) in [6.07, 6.45) is 0. The Bertz CT molecular complexity index is 401. The van der Waals surface area contributed by atoms with Crippen LogP contribution in [-0.4, -0.2) is 18.7 Å². The van der Waals surface area contributed by atoms with Crippen LogP contribution in [0.25, 0.3) is 0 Å². The molecule has 6 heteroatoms. The van der Waals surface area contributed by atoms with Crippen LogP contribution in [0.3, 0.4) is 0 Å². The topological polar surface area (TPSA) is 41.1 Å². The van der Waals surface area contributed by atoms with Crippen molar-refractivity contribution in [1.82, 2.24) is 5.32 Å². The largest absolute Gasteiger partial charge is 0.358 e. The molecule has 3 nitrogen and oxygen atoms in total. The van der Waals surface area contributed by atoms with E-state index in [4.69, 9.17) is 0 Å². The minimum Gasteiger partial charge on any atom is -0.358 e. The fraction of sp³-hybridized carbons (Fsp3) is 0.222. The van der Waals surface area contributed by atoms with E-state index in [1.54, 1.807) is 19.2 Å². The molecule has 0 saturated heterocycles. The summed E-state index contributed by atoms with van der Waals surface area (Å²) in [5.74, 6) is -0.0142. The van der Waals surface area contributed by atoms with Crippen LogP contribution < -0.4 is 10.0 Å². The van der Waals surface area contributed by atoms with Crippen molar-refractivity contribution < 1.29 is 8.68 Å². The number of hydrogen-bond acceptors (Lipinski definition) is 3. The summed E-state index contributed by atoms with van der Waals surface area (Å²) in [7, 11) is 0.0837. The number of para-hydroxylation sites is 1. The number of nitrogens with one attached hydrogen (secondary N) is 2. The van der Waals surface area contributed by atoms with E-state index in [0.717, 1.165) is 16.5 Å². The van der Waals surface area contributed by atoms with Crippen molar-refractivity contribution in [3.8, 4) is 0 Å². The van der Waals surface area contributed by atoms with Crippen molar-refractivity contribution in [2.45, 2.75) is 4.90 Å². The van der Waals surface area contributed by atoms with Gasteiger partial charge in [0.15, 0.2) is 0 Å². The summed E-state index contributed by atoms with van der Waals surface area (Å²) in [6.45, 7) is 0. The van der Waals surface area contributed by atoms with Gasteiger partial charge in [-0.05, 0) is 22.9 Å². The molecule has 2 rings (SSSR count). The SMILES string of the molecule is CNC(=O)CSS1(F)Nc2ccccc21. The maximum absolute atomic E-state index is 14.2. The molecular formula is C9H11FN2OS2. The minimum atomic E-state index is -2.50. The zero-order chi connectivity index (χ0) is 10.9. The Balaban J connectivity index is 2.03. The Morgan fingerprint density at radius 1 is 1.60 bits per heavy atom. The predicted octanol–water partition coefficient (Wildman–Crippen LogP) is 2.47. The summed E-state index contributed by atoms with van der Waals surface area (Å²) in [6, 6.07) is 7.26. The molecule has 0 radical (unpaired) electrons. The van der Waals surface area contributed by atoms with E-state index in [2.05, 4.69) is 10.0 Å². The number of halogens is 1. The Hall–Kier alpha value is -0.880. The van der Waals surface area contributed by atoms with E-state index >= 15 is 0 Å². The first-order valence-corrected chi connectivity index (χ1v) is 7.44. The Labute approximate surface area is 93.0 Å².